The summed E-state index contributed by atoms with van der Waals surface area (Å²) < 4.78 is 40.3. The highest BCUT2D eigenvalue weighted by atomic mass is 19.4. The number of alkyl halides is 3. The Morgan fingerprint density at radius 3 is 2.46 bits per heavy atom. The van der Waals surface area contributed by atoms with Crippen LogP contribution in [0.1, 0.15) is 24.4 Å². The van der Waals surface area contributed by atoms with E-state index in [1.807, 2.05) is 0 Å². The zero-order valence-electron chi connectivity index (χ0n) is 7.32. The van der Waals surface area contributed by atoms with E-state index in [0.29, 0.717) is 12.2 Å². The van der Waals surface area contributed by atoms with Gasteiger partial charge >= 0.3 is 6.18 Å². The normalized spacial score (nSPS) is 12.0. The van der Waals surface area contributed by atoms with Gasteiger partial charge in [-0.1, -0.05) is 0 Å². The summed E-state index contributed by atoms with van der Waals surface area (Å²) in [6, 6.07) is 3.47. The van der Waals surface area contributed by atoms with Gasteiger partial charge in [0.15, 0.2) is 0 Å². The molecule has 0 amide bonds. The van der Waals surface area contributed by atoms with E-state index in [1.165, 1.54) is 0 Å². The predicted molar refractivity (Wildman–Crippen MR) is 42.4 cm³/mol. The van der Waals surface area contributed by atoms with E-state index < -0.39 is 12.6 Å². The van der Waals surface area contributed by atoms with Crippen LogP contribution >= 0.6 is 0 Å². The summed E-state index contributed by atoms with van der Waals surface area (Å²) in [6.07, 6.45) is -4.35. The molecule has 0 unspecified atom stereocenters. The van der Waals surface area contributed by atoms with Crippen LogP contribution in [0.15, 0.2) is 16.5 Å². The first kappa shape index (κ1) is 10.2. The highest BCUT2D eigenvalue weighted by Gasteiger charge is 2.26. The Morgan fingerprint density at radius 2 is 2.00 bits per heavy atom. The Kier molecular flexibility index (Phi) is 3.01. The lowest BCUT2D eigenvalue weighted by Gasteiger charge is -2.03. The summed E-state index contributed by atoms with van der Waals surface area (Å²) in [5.41, 5.74) is 0. The molecule has 0 fully saturated rings. The summed E-state index contributed by atoms with van der Waals surface area (Å²) in [4.78, 5) is 0. The Hall–Kier alpha value is -0.930. The van der Waals surface area contributed by atoms with Crippen LogP contribution < -0.4 is 0 Å². The van der Waals surface area contributed by atoms with Crippen molar-refractivity contribution in [2.24, 2.45) is 0 Å². The van der Waals surface area contributed by atoms with Gasteiger partial charge in [0.05, 0.1) is 0 Å². The van der Waals surface area contributed by atoms with Crippen LogP contribution in [0.25, 0.3) is 0 Å². The van der Waals surface area contributed by atoms with E-state index in [2.05, 4.69) is 0 Å². The van der Waals surface area contributed by atoms with Gasteiger partial charge in [-0.3, -0.25) is 0 Å². The molecule has 1 rings (SSSR count). The minimum absolute atomic E-state index is 0.0937. The van der Waals surface area contributed by atoms with Gasteiger partial charge in [0.25, 0.3) is 0 Å². The highest BCUT2D eigenvalue weighted by molar-refractivity contribution is 5.05. The zero-order valence-corrected chi connectivity index (χ0v) is 7.32. The number of rotatable bonds is 3. The minimum Gasteiger partial charge on any atom is -0.466 e. The molecule has 4 heteroatoms. The fourth-order valence-electron chi connectivity index (χ4n) is 1.08. The Balaban J connectivity index is 2.28. The van der Waals surface area contributed by atoms with Crippen molar-refractivity contribution in [2.45, 2.75) is 32.4 Å². The van der Waals surface area contributed by atoms with Crippen molar-refractivity contribution in [3.8, 4) is 0 Å². The van der Waals surface area contributed by atoms with Crippen LogP contribution in [0, 0.1) is 6.92 Å². The molecule has 0 bridgehead atoms. The van der Waals surface area contributed by atoms with E-state index in [1.54, 1.807) is 19.1 Å². The number of hydrogen-bond donors (Lipinski definition) is 0. The standard InChI is InChI=1S/C9H11F3O/c1-7-4-5-8(13-7)3-2-6-9(10,11)12/h4-5H,2-3,6H2,1H3. The van der Waals surface area contributed by atoms with Crippen molar-refractivity contribution in [1.82, 2.24) is 0 Å². The van der Waals surface area contributed by atoms with Crippen LogP contribution in [0.2, 0.25) is 0 Å². The summed E-state index contributed by atoms with van der Waals surface area (Å²) in [5.74, 6) is 1.36. The molecule has 13 heavy (non-hydrogen) atoms. The van der Waals surface area contributed by atoms with Gasteiger partial charge in [-0.2, -0.15) is 13.2 Å². The van der Waals surface area contributed by atoms with E-state index in [0.717, 1.165) is 5.76 Å². The molecule has 0 saturated carbocycles. The summed E-state index contributed by atoms with van der Waals surface area (Å²) in [6.45, 7) is 1.77. The quantitative estimate of drug-likeness (QED) is 0.714. The molecule has 0 aliphatic rings. The predicted octanol–water partition coefficient (Wildman–Crippen LogP) is 3.47. The molecule has 1 aromatic heterocycles. The van der Waals surface area contributed by atoms with Crippen molar-refractivity contribution in [3.05, 3.63) is 23.7 Å². The molecule has 0 atom stereocenters. The molecule has 0 radical (unpaired) electrons. The first-order valence-corrected chi connectivity index (χ1v) is 4.09. The largest absolute Gasteiger partial charge is 0.466 e. The highest BCUT2D eigenvalue weighted by Crippen LogP contribution is 2.22. The van der Waals surface area contributed by atoms with Gasteiger partial charge in [0.2, 0.25) is 0 Å². The first-order valence-electron chi connectivity index (χ1n) is 4.09. The molecule has 0 N–H and O–H groups in total. The van der Waals surface area contributed by atoms with Crippen LogP contribution in [0.4, 0.5) is 13.2 Å². The summed E-state index contributed by atoms with van der Waals surface area (Å²) >= 11 is 0. The van der Waals surface area contributed by atoms with Gasteiger partial charge < -0.3 is 4.42 Å². The van der Waals surface area contributed by atoms with Crippen molar-refractivity contribution >= 4 is 0 Å². The summed E-state index contributed by atoms with van der Waals surface area (Å²) in [5, 5.41) is 0. The van der Waals surface area contributed by atoms with Crippen LogP contribution in [0.3, 0.4) is 0 Å². The fraction of sp³-hybridized carbons (Fsp3) is 0.556. The van der Waals surface area contributed by atoms with E-state index in [9.17, 15) is 13.2 Å². The second-order valence-electron chi connectivity index (χ2n) is 2.98. The lowest BCUT2D eigenvalue weighted by atomic mass is 10.2. The maximum atomic E-state index is 11.7. The Bertz CT molecular complexity index is 262. The van der Waals surface area contributed by atoms with Crippen molar-refractivity contribution in [2.75, 3.05) is 0 Å². The van der Waals surface area contributed by atoms with E-state index >= 15 is 0 Å². The first-order chi connectivity index (χ1) is 5.97. The molecule has 74 valence electrons. The zero-order chi connectivity index (χ0) is 9.90. The molecule has 0 aliphatic heterocycles. The van der Waals surface area contributed by atoms with Crippen molar-refractivity contribution < 1.29 is 17.6 Å². The Morgan fingerprint density at radius 1 is 1.31 bits per heavy atom. The summed E-state index contributed by atoms with van der Waals surface area (Å²) in [7, 11) is 0. The van der Waals surface area contributed by atoms with Gasteiger partial charge in [0, 0.05) is 12.8 Å². The molecular weight excluding hydrogens is 181 g/mol. The Labute approximate surface area is 74.5 Å². The lowest BCUT2D eigenvalue weighted by molar-refractivity contribution is -0.135. The molecule has 0 saturated heterocycles. The maximum absolute atomic E-state index is 11.7. The average molecular weight is 192 g/mol. The maximum Gasteiger partial charge on any atom is 0.389 e. The van der Waals surface area contributed by atoms with Gasteiger partial charge in [-0.15, -0.1) is 0 Å². The van der Waals surface area contributed by atoms with Gasteiger partial charge in [-0.05, 0) is 25.5 Å². The average Bonchev–Trinajstić information content (AvgIpc) is 2.33. The number of furan rings is 1. The third-order valence-corrected chi connectivity index (χ3v) is 1.68. The van der Waals surface area contributed by atoms with Gasteiger partial charge in [0.1, 0.15) is 11.5 Å². The second kappa shape index (κ2) is 3.85. The fourth-order valence-corrected chi connectivity index (χ4v) is 1.08. The topological polar surface area (TPSA) is 13.1 Å². The van der Waals surface area contributed by atoms with Crippen molar-refractivity contribution in [1.29, 1.82) is 0 Å². The molecule has 0 spiro atoms. The number of hydrogen-bond acceptors (Lipinski definition) is 1. The van der Waals surface area contributed by atoms with Crippen LogP contribution in [-0.2, 0) is 6.42 Å². The van der Waals surface area contributed by atoms with E-state index in [4.69, 9.17) is 4.42 Å². The molecule has 0 aromatic carbocycles. The lowest BCUT2D eigenvalue weighted by Crippen LogP contribution is -2.06. The van der Waals surface area contributed by atoms with Crippen LogP contribution in [-0.4, -0.2) is 6.18 Å². The molecule has 1 nitrogen and oxygen atoms in total. The molecule has 1 aromatic rings. The monoisotopic (exact) mass is 192 g/mol. The van der Waals surface area contributed by atoms with Crippen LogP contribution in [0.5, 0.6) is 0 Å². The number of halogens is 3. The second-order valence-corrected chi connectivity index (χ2v) is 2.98. The third-order valence-electron chi connectivity index (χ3n) is 1.68. The minimum atomic E-state index is -4.05. The third kappa shape index (κ3) is 4.01. The van der Waals surface area contributed by atoms with Gasteiger partial charge in [-0.25, -0.2) is 0 Å². The van der Waals surface area contributed by atoms with Crippen molar-refractivity contribution in [3.63, 3.8) is 0 Å². The molecule has 0 aliphatic carbocycles. The van der Waals surface area contributed by atoms with E-state index in [-0.39, 0.29) is 6.42 Å². The SMILES string of the molecule is Cc1ccc(CCCC(F)(F)F)o1. The molecular formula is C9H11F3O. The molecule has 1 heterocycles. The smallest absolute Gasteiger partial charge is 0.389 e. The number of aryl methyl sites for hydroxylation is 2.